The lowest BCUT2D eigenvalue weighted by Gasteiger charge is -2.49. The van der Waals surface area contributed by atoms with E-state index < -0.39 is 8.32 Å². The summed E-state index contributed by atoms with van der Waals surface area (Å²) >= 11 is 0. The van der Waals surface area contributed by atoms with Crippen LogP contribution in [0.4, 0.5) is 0 Å². The molecule has 0 saturated carbocycles. The second-order valence-electron chi connectivity index (χ2n) is 9.73. The average molecular weight is 309 g/mol. The Morgan fingerprint density at radius 1 is 1.10 bits per heavy atom. The molecule has 1 unspecified atom stereocenters. The molecule has 1 fully saturated rings. The smallest absolute Gasteiger partial charge is 0.204 e. The van der Waals surface area contributed by atoms with Crippen LogP contribution in [0.15, 0.2) is 12.2 Å². The van der Waals surface area contributed by atoms with Crippen LogP contribution < -0.4 is 0 Å². The maximum Gasteiger partial charge on any atom is 0.204 e. The summed E-state index contributed by atoms with van der Waals surface area (Å²) < 4.78 is 7.23. The predicted molar refractivity (Wildman–Crippen MR) is 95.1 cm³/mol. The summed E-state index contributed by atoms with van der Waals surface area (Å²) in [5.74, 6) is 1.39. The van der Waals surface area contributed by atoms with Gasteiger partial charge in [-0.05, 0) is 47.2 Å². The summed E-state index contributed by atoms with van der Waals surface area (Å²) in [5.41, 5.74) is 0.0409. The van der Waals surface area contributed by atoms with Crippen LogP contribution in [-0.4, -0.2) is 13.9 Å². The summed E-state index contributed by atoms with van der Waals surface area (Å²) in [7, 11) is -1.87. The lowest BCUT2D eigenvalue weighted by atomic mass is 9.75. The molecular formula is C19H36OSi. The molecule has 0 aromatic carbocycles. The van der Waals surface area contributed by atoms with Crippen LogP contribution in [0.25, 0.3) is 0 Å². The van der Waals surface area contributed by atoms with Gasteiger partial charge in [-0.2, -0.15) is 0 Å². The van der Waals surface area contributed by atoms with Crippen LogP contribution in [0.5, 0.6) is 0 Å². The summed E-state index contributed by atoms with van der Waals surface area (Å²) in [5, 5.41) is 0.570. The van der Waals surface area contributed by atoms with Crippen molar-refractivity contribution in [3.8, 4) is 0 Å². The van der Waals surface area contributed by atoms with E-state index >= 15 is 0 Å². The van der Waals surface area contributed by atoms with Crippen LogP contribution in [0.3, 0.4) is 0 Å². The molecule has 0 radical (unpaired) electrons. The second kappa shape index (κ2) is 5.23. The molecule has 0 bridgehead atoms. The fourth-order valence-corrected chi connectivity index (χ4v) is 11.6. The summed E-state index contributed by atoms with van der Waals surface area (Å²) in [6.07, 6.45) is 8.59. The van der Waals surface area contributed by atoms with Gasteiger partial charge in [-0.15, -0.1) is 0 Å². The highest BCUT2D eigenvalue weighted by molar-refractivity contribution is 6.80. The van der Waals surface area contributed by atoms with Crippen molar-refractivity contribution in [2.45, 2.75) is 96.4 Å². The van der Waals surface area contributed by atoms with Crippen molar-refractivity contribution in [1.29, 1.82) is 0 Å². The van der Waals surface area contributed by atoms with E-state index in [0.29, 0.717) is 11.8 Å². The first-order chi connectivity index (χ1) is 9.45. The third-order valence-electron chi connectivity index (χ3n) is 6.07. The van der Waals surface area contributed by atoms with Gasteiger partial charge in [-0.3, -0.25) is 0 Å². The largest absolute Gasteiger partial charge is 0.407 e. The normalized spacial score (nSPS) is 33.1. The van der Waals surface area contributed by atoms with Crippen molar-refractivity contribution in [3.05, 3.63) is 12.2 Å². The summed E-state index contributed by atoms with van der Waals surface area (Å²) in [6, 6.07) is 1.32. The molecule has 1 nitrogen and oxygen atoms in total. The summed E-state index contributed by atoms with van der Waals surface area (Å²) in [6.45, 7) is 19.3. The molecule has 122 valence electrons. The monoisotopic (exact) mass is 308 g/mol. The van der Waals surface area contributed by atoms with Crippen molar-refractivity contribution in [1.82, 2.24) is 0 Å². The molecule has 0 aromatic rings. The molecule has 1 aliphatic heterocycles. The van der Waals surface area contributed by atoms with E-state index in [1.54, 1.807) is 0 Å². The average Bonchev–Trinajstić information content (AvgIpc) is 2.65. The SMILES string of the molecule is CC(C)[C@H]1C[Si](C(C)(C)C)(C(C)(C)C)OC12C=CCCC2. The first kappa shape index (κ1) is 17.3. The fraction of sp³-hybridized carbons (Fsp3) is 0.895. The van der Waals surface area contributed by atoms with E-state index in [1.807, 2.05) is 0 Å². The van der Waals surface area contributed by atoms with Gasteiger partial charge in [0.25, 0.3) is 0 Å². The minimum absolute atomic E-state index is 0.0409. The van der Waals surface area contributed by atoms with E-state index in [2.05, 4.69) is 67.5 Å². The molecule has 0 aromatic heterocycles. The molecule has 0 amide bonds. The van der Waals surface area contributed by atoms with Gasteiger partial charge in [-0.1, -0.05) is 67.5 Å². The highest BCUT2D eigenvalue weighted by Crippen LogP contribution is 2.64. The van der Waals surface area contributed by atoms with Crippen LogP contribution >= 0.6 is 0 Å². The Bertz CT molecular complexity index is 396. The number of rotatable bonds is 1. The van der Waals surface area contributed by atoms with Gasteiger partial charge in [0.1, 0.15) is 0 Å². The molecule has 1 heterocycles. The van der Waals surface area contributed by atoms with Gasteiger partial charge in [0.05, 0.1) is 5.60 Å². The summed E-state index contributed by atoms with van der Waals surface area (Å²) in [4.78, 5) is 0. The van der Waals surface area contributed by atoms with E-state index in [9.17, 15) is 0 Å². The second-order valence-corrected chi connectivity index (χ2v) is 15.0. The topological polar surface area (TPSA) is 9.23 Å². The van der Waals surface area contributed by atoms with Crippen LogP contribution in [0.1, 0.15) is 74.7 Å². The molecule has 2 heteroatoms. The van der Waals surface area contributed by atoms with Crippen LogP contribution in [-0.2, 0) is 4.43 Å². The van der Waals surface area contributed by atoms with E-state index in [-0.39, 0.29) is 15.7 Å². The lowest BCUT2D eigenvalue weighted by Crippen LogP contribution is -2.53. The van der Waals surface area contributed by atoms with Crippen molar-refractivity contribution in [2.75, 3.05) is 0 Å². The van der Waals surface area contributed by atoms with Crippen molar-refractivity contribution in [3.63, 3.8) is 0 Å². The number of hydrogen-bond donors (Lipinski definition) is 0. The third kappa shape index (κ3) is 2.67. The van der Waals surface area contributed by atoms with Gasteiger partial charge >= 0.3 is 0 Å². The Kier molecular flexibility index (Phi) is 4.30. The third-order valence-corrected chi connectivity index (χ3v) is 12.7. The van der Waals surface area contributed by atoms with Gasteiger partial charge in [0.15, 0.2) is 0 Å². The lowest BCUT2D eigenvalue weighted by molar-refractivity contribution is 0.0473. The highest BCUT2D eigenvalue weighted by Gasteiger charge is 2.65. The zero-order chi connectivity index (χ0) is 16.1. The standard InChI is InChI=1S/C19H36OSi/c1-15(2)16-14-21(17(3,4)5,18(6,7)8)20-19(16)12-10-9-11-13-19/h10,12,15-16H,9,11,13-14H2,1-8H3/t16-,19?/m1/s1. The molecule has 0 N–H and O–H groups in total. The predicted octanol–water partition coefficient (Wildman–Crippen LogP) is 6.31. The maximum atomic E-state index is 7.23. The number of allylic oxidation sites excluding steroid dienone is 1. The molecular weight excluding hydrogens is 272 g/mol. The Labute approximate surface area is 133 Å². The first-order valence-electron chi connectivity index (χ1n) is 8.83. The molecule has 1 spiro atoms. The van der Waals surface area contributed by atoms with Gasteiger partial charge in [0.2, 0.25) is 8.32 Å². The Morgan fingerprint density at radius 3 is 2.05 bits per heavy atom. The Hall–Kier alpha value is -0.0831. The van der Waals surface area contributed by atoms with E-state index in [4.69, 9.17) is 4.43 Å². The quantitative estimate of drug-likeness (QED) is 0.407. The Morgan fingerprint density at radius 2 is 1.67 bits per heavy atom. The van der Waals surface area contributed by atoms with Crippen molar-refractivity contribution < 1.29 is 4.43 Å². The Balaban J connectivity index is 2.53. The van der Waals surface area contributed by atoms with Crippen molar-refractivity contribution in [2.24, 2.45) is 11.8 Å². The van der Waals surface area contributed by atoms with Gasteiger partial charge < -0.3 is 4.43 Å². The van der Waals surface area contributed by atoms with Crippen LogP contribution in [0, 0.1) is 11.8 Å². The van der Waals surface area contributed by atoms with Gasteiger partial charge in [-0.25, -0.2) is 0 Å². The van der Waals surface area contributed by atoms with Gasteiger partial charge in [0, 0.05) is 0 Å². The molecule has 2 aliphatic rings. The molecule has 21 heavy (non-hydrogen) atoms. The zero-order valence-electron chi connectivity index (χ0n) is 15.5. The minimum Gasteiger partial charge on any atom is -0.407 e. The van der Waals surface area contributed by atoms with Crippen LogP contribution in [0.2, 0.25) is 16.1 Å². The zero-order valence-corrected chi connectivity index (χ0v) is 16.5. The maximum absolute atomic E-state index is 7.23. The first-order valence-corrected chi connectivity index (χ1v) is 10.9. The minimum atomic E-state index is -1.87. The van der Waals surface area contributed by atoms with E-state index in [1.165, 1.54) is 25.3 Å². The van der Waals surface area contributed by atoms with Crippen molar-refractivity contribution >= 4 is 8.32 Å². The molecule has 2 atom stereocenters. The molecule has 1 aliphatic carbocycles. The molecule has 1 saturated heterocycles. The fourth-order valence-electron chi connectivity index (χ4n) is 5.02. The highest BCUT2D eigenvalue weighted by atomic mass is 28.4. The molecule has 2 rings (SSSR count). The number of hydrogen-bond acceptors (Lipinski definition) is 1. The van der Waals surface area contributed by atoms with E-state index in [0.717, 1.165) is 0 Å².